The first-order chi connectivity index (χ1) is 4.38. The topological polar surface area (TPSA) is 21.5 Å². The summed E-state index contributed by atoms with van der Waals surface area (Å²) in [6.45, 7) is 1.00. The van der Waals surface area contributed by atoms with Crippen LogP contribution < -0.4 is 4.90 Å². The zero-order chi connectivity index (χ0) is 6.27. The fourth-order valence-electron chi connectivity index (χ4n) is 1.25. The largest absolute Gasteiger partial charge is 0.328 e. The Morgan fingerprint density at radius 2 is 2.56 bits per heavy atom. The second-order valence-corrected chi connectivity index (χ2v) is 3.31. The smallest absolute Gasteiger partial charge is 0.233 e. The lowest BCUT2D eigenvalue weighted by molar-refractivity contribution is -0.758. The number of rotatable bonds is 0. The molecule has 1 saturated heterocycles. The van der Waals surface area contributed by atoms with E-state index in [1.807, 2.05) is 0 Å². The Bertz CT molecular complexity index is 187. The fourth-order valence-corrected chi connectivity index (χ4v) is 2.33. The quantitative estimate of drug-likeness (QED) is 0.487. The first-order valence-electron chi connectivity index (χ1n) is 3.10. The third-order valence-corrected chi connectivity index (χ3v) is 2.85. The van der Waals surface area contributed by atoms with Crippen molar-refractivity contribution in [2.24, 2.45) is 0 Å². The third-order valence-electron chi connectivity index (χ3n) is 1.72. The van der Waals surface area contributed by atoms with Crippen LogP contribution in [0.2, 0.25) is 0 Å². The van der Waals surface area contributed by atoms with Crippen molar-refractivity contribution in [2.75, 3.05) is 12.3 Å². The molecule has 1 atom stereocenters. The number of carbonyl (C=O) groups is 1. The predicted octanol–water partition coefficient (Wildman–Crippen LogP) is -0.610. The van der Waals surface area contributed by atoms with Gasteiger partial charge in [0.1, 0.15) is 5.75 Å². The molecule has 0 spiro atoms. The summed E-state index contributed by atoms with van der Waals surface area (Å²) in [4.78, 5) is 12.1. The van der Waals surface area contributed by atoms with Crippen molar-refractivity contribution in [2.45, 2.75) is 6.42 Å². The maximum absolute atomic E-state index is 11.0. The number of amides is 1. The van der Waals surface area contributed by atoms with Crippen molar-refractivity contribution in [3.8, 4) is 0 Å². The Morgan fingerprint density at radius 3 is 3.33 bits per heavy atom. The lowest BCUT2D eigenvalue weighted by Crippen LogP contribution is -3.09. The van der Waals surface area contributed by atoms with Gasteiger partial charge in [0.2, 0.25) is 0 Å². The van der Waals surface area contributed by atoms with Gasteiger partial charge in [-0.15, -0.1) is 0 Å². The minimum Gasteiger partial charge on any atom is -0.233 e. The highest BCUT2D eigenvalue weighted by Crippen LogP contribution is 2.17. The summed E-state index contributed by atoms with van der Waals surface area (Å²) >= 11 is 1.70. The minimum atomic E-state index is 0.365. The molecule has 0 bridgehead atoms. The average Bonchev–Trinajstić information content (AvgIpc) is 2.35. The van der Waals surface area contributed by atoms with Crippen LogP contribution in [0.25, 0.3) is 0 Å². The van der Waals surface area contributed by atoms with E-state index in [-0.39, 0.29) is 0 Å². The zero-order valence-corrected chi connectivity index (χ0v) is 5.83. The van der Waals surface area contributed by atoms with Crippen molar-refractivity contribution in [1.82, 2.24) is 0 Å². The normalized spacial score (nSPS) is 32.7. The van der Waals surface area contributed by atoms with Gasteiger partial charge in [0, 0.05) is 6.42 Å². The van der Waals surface area contributed by atoms with Gasteiger partial charge >= 0.3 is 5.91 Å². The minimum absolute atomic E-state index is 0.365. The van der Waals surface area contributed by atoms with Crippen LogP contribution in [0.3, 0.4) is 0 Å². The summed E-state index contributed by atoms with van der Waals surface area (Å²) in [5.41, 5.74) is 0. The molecule has 1 unspecified atom stereocenters. The Kier molecular flexibility index (Phi) is 1.13. The number of carbonyl (C=O) groups excluding carboxylic acids is 1. The van der Waals surface area contributed by atoms with Gasteiger partial charge in [-0.3, -0.25) is 0 Å². The molecule has 0 saturated carbocycles. The van der Waals surface area contributed by atoms with Crippen molar-refractivity contribution in [3.05, 3.63) is 11.1 Å². The summed E-state index contributed by atoms with van der Waals surface area (Å²) in [6.07, 6.45) is 3.26. The third kappa shape index (κ3) is 0.721. The Morgan fingerprint density at radius 1 is 1.67 bits per heavy atom. The molecule has 0 aromatic carbocycles. The average molecular weight is 142 g/mol. The van der Waals surface area contributed by atoms with Crippen molar-refractivity contribution in [1.29, 1.82) is 0 Å². The number of thioether (sulfide) groups is 1. The standard InChI is InChI=1S/C6H7NOS/c8-5-4-9-6-2-1-3-7(5)6/h2H,1,3-4H2/p+1. The second kappa shape index (κ2) is 1.85. The van der Waals surface area contributed by atoms with Gasteiger partial charge < -0.3 is 0 Å². The van der Waals surface area contributed by atoms with E-state index in [9.17, 15) is 4.79 Å². The molecule has 9 heavy (non-hydrogen) atoms. The van der Waals surface area contributed by atoms with E-state index < -0.39 is 0 Å². The fraction of sp³-hybridized carbons (Fsp3) is 0.500. The van der Waals surface area contributed by atoms with E-state index in [4.69, 9.17) is 0 Å². The molecule has 2 nitrogen and oxygen atoms in total. The van der Waals surface area contributed by atoms with E-state index in [0.717, 1.165) is 17.9 Å². The van der Waals surface area contributed by atoms with Gasteiger partial charge in [-0.25, -0.2) is 9.69 Å². The molecule has 0 aliphatic carbocycles. The van der Waals surface area contributed by atoms with E-state index in [1.54, 1.807) is 11.8 Å². The van der Waals surface area contributed by atoms with Crippen molar-refractivity contribution < 1.29 is 9.69 Å². The SMILES string of the molecule is O=C1CSC2=CCC[NH+]12. The maximum atomic E-state index is 11.0. The van der Waals surface area contributed by atoms with Crippen molar-refractivity contribution in [3.63, 3.8) is 0 Å². The van der Waals surface area contributed by atoms with Crippen LogP contribution >= 0.6 is 11.8 Å². The van der Waals surface area contributed by atoms with Gasteiger partial charge in [0.05, 0.1) is 6.54 Å². The highest BCUT2D eigenvalue weighted by Gasteiger charge is 2.35. The molecule has 2 aliphatic rings. The molecular formula is C6H8NOS+. The lowest BCUT2D eigenvalue weighted by Gasteiger charge is -2.00. The van der Waals surface area contributed by atoms with Gasteiger partial charge in [0.15, 0.2) is 5.03 Å². The number of fused-ring (bicyclic) bond motifs is 1. The first kappa shape index (κ1) is 5.50. The molecule has 2 rings (SSSR count). The second-order valence-electron chi connectivity index (χ2n) is 2.30. The molecule has 2 heterocycles. The van der Waals surface area contributed by atoms with Gasteiger partial charge in [0.25, 0.3) is 0 Å². The van der Waals surface area contributed by atoms with Crippen LogP contribution in [0, 0.1) is 0 Å². The van der Waals surface area contributed by atoms with Gasteiger partial charge in [-0.05, 0) is 6.08 Å². The number of hydrogen-bond acceptors (Lipinski definition) is 2. The van der Waals surface area contributed by atoms with Gasteiger partial charge in [-0.1, -0.05) is 11.8 Å². The van der Waals surface area contributed by atoms with Crippen LogP contribution in [0.4, 0.5) is 0 Å². The number of hydrogen-bond donors (Lipinski definition) is 1. The maximum Gasteiger partial charge on any atom is 0.328 e. The summed E-state index contributed by atoms with van der Waals surface area (Å²) in [6, 6.07) is 0. The van der Waals surface area contributed by atoms with Crippen molar-refractivity contribution >= 4 is 17.7 Å². The van der Waals surface area contributed by atoms with Crippen LogP contribution in [0.15, 0.2) is 11.1 Å². The summed E-state index contributed by atoms with van der Waals surface area (Å²) in [5.74, 6) is 1.06. The highest BCUT2D eigenvalue weighted by atomic mass is 32.2. The van der Waals surface area contributed by atoms with E-state index in [0.29, 0.717) is 11.7 Å². The molecule has 1 amide bonds. The number of nitrogens with one attached hydrogen (secondary N) is 1. The molecule has 48 valence electrons. The molecule has 0 aromatic rings. The molecule has 3 heteroatoms. The molecule has 1 fully saturated rings. The van der Waals surface area contributed by atoms with Crippen LogP contribution in [0.1, 0.15) is 6.42 Å². The molecule has 0 radical (unpaired) electrons. The Labute approximate surface area is 57.9 Å². The molecular weight excluding hydrogens is 134 g/mol. The number of quaternary nitrogens is 1. The molecule has 0 aromatic heterocycles. The summed E-state index contributed by atoms with van der Waals surface area (Å²) < 4.78 is 0. The van der Waals surface area contributed by atoms with Crippen LogP contribution in [-0.4, -0.2) is 18.2 Å². The Balaban J connectivity index is 2.29. The molecule has 1 N–H and O–H groups in total. The van der Waals surface area contributed by atoms with E-state index >= 15 is 0 Å². The monoisotopic (exact) mass is 142 g/mol. The highest BCUT2D eigenvalue weighted by molar-refractivity contribution is 8.03. The Hall–Kier alpha value is -0.280. The van der Waals surface area contributed by atoms with Crippen LogP contribution in [-0.2, 0) is 4.79 Å². The van der Waals surface area contributed by atoms with E-state index in [2.05, 4.69) is 6.08 Å². The first-order valence-corrected chi connectivity index (χ1v) is 4.09. The van der Waals surface area contributed by atoms with Crippen LogP contribution in [0.5, 0.6) is 0 Å². The lowest BCUT2D eigenvalue weighted by atomic mass is 10.5. The summed E-state index contributed by atoms with van der Waals surface area (Å²) in [7, 11) is 0. The zero-order valence-electron chi connectivity index (χ0n) is 5.02. The predicted molar refractivity (Wildman–Crippen MR) is 36.0 cm³/mol. The molecule has 2 aliphatic heterocycles. The van der Waals surface area contributed by atoms with Gasteiger partial charge in [-0.2, -0.15) is 0 Å². The van der Waals surface area contributed by atoms with E-state index in [1.165, 1.54) is 5.03 Å². The summed E-state index contributed by atoms with van der Waals surface area (Å²) in [5, 5.41) is 1.26.